The molecule has 0 saturated heterocycles. The van der Waals surface area contributed by atoms with Crippen LogP contribution in [0, 0.1) is 0 Å². The van der Waals surface area contributed by atoms with E-state index in [1.165, 1.54) is 50.4 Å². The normalized spacial score (nSPS) is 18.9. The molecule has 0 saturated carbocycles. The summed E-state index contributed by atoms with van der Waals surface area (Å²) in [6, 6.07) is 33.8. The van der Waals surface area contributed by atoms with Crippen molar-refractivity contribution in [2.75, 3.05) is 4.90 Å². The molecule has 34 heavy (non-hydrogen) atoms. The number of carbonyl (C=O) groups is 2. The predicted molar refractivity (Wildman–Crippen MR) is 133 cm³/mol. The third-order valence-corrected chi connectivity index (χ3v) is 7.75. The number of rotatable bonds is 3. The van der Waals surface area contributed by atoms with Gasteiger partial charge < -0.3 is 0 Å². The second kappa shape index (κ2) is 6.88. The standard InChI is InChI=1S/C31H21NO2/c33-29-17-18-30(34)32(29)28-16-8-7-15-26(28)31(27-19-20-9-1-2-10-21(20)27)24-13-5-3-11-22(24)23-12-4-6-14-25(23)31/h1-18,27H,19H2. The molecule has 3 heteroatoms. The van der Waals surface area contributed by atoms with Crippen LogP contribution in [0.25, 0.3) is 11.1 Å². The highest BCUT2D eigenvalue weighted by atomic mass is 16.2. The Morgan fingerprint density at radius 2 is 1.15 bits per heavy atom. The first kappa shape index (κ1) is 19.2. The number of para-hydroxylation sites is 1. The molecule has 4 aromatic carbocycles. The van der Waals surface area contributed by atoms with Gasteiger partial charge in [-0.1, -0.05) is 91.0 Å². The molecular weight excluding hydrogens is 418 g/mol. The minimum atomic E-state index is -0.513. The predicted octanol–water partition coefficient (Wildman–Crippen LogP) is 5.77. The molecule has 1 unspecified atom stereocenters. The first-order chi connectivity index (χ1) is 16.7. The first-order valence-electron chi connectivity index (χ1n) is 11.6. The quantitative estimate of drug-likeness (QED) is 0.380. The van der Waals surface area contributed by atoms with Gasteiger partial charge in [0.1, 0.15) is 0 Å². The molecule has 1 aliphatic heterocycles. The van der Waals surface area contributed by atoms with Crippen LogP contribution in [0.3, 0.4) is 0 Å². The SMILES string of the molecule is O=C1C=CC(=O)N1c1ccccc1C1(C2Cc3ccccc32)c2ccccc2-c2ccccc21. The molecule has 3 aliphatic rings. The van der Waals surface area contributed by atoms with E-state index in [0.29, 0.717) is 5.69 Å². The van der Waals surface area contributed by atoms with E-state index >= 15 is 0 Å². The number of amides is 2. The summed E-state index contributed by atoms with van der Waals surface area (Å²) in [5, 5.41) is 0. The zero-order valence-corrected chi connectivity index (χ0v) is 18.4. The lowest BCUT2D eigenvalue weighted by molar-refractivity contribution is -0.120. The molecule has 4 aromatic rings. The number of anilines is 1. The van der Waals surface area contributed by atoms with Crippen molar-refractivity contribution in [1.29, 1.82) is 0 Å². The minimum Gasteiger partial charge on any atom is -0.269 e. The van der Waals surface area contributed by atoms with E-state index in [9.17, 15) is 9.59 Å². The van der Waals surface area contributed by atoms with E-state index < -0.39 is 5.41 Å². The van der Waals surface area contributed by atoms with E-state index in [-0.39, 0.29) is 17.7 Å². The number of benzene rings is 4. The van der Waals surface area contributed by atoms with Crippen LogP contribution in [-0.2, 0) is 21.4 Å². The van der Waals surface area contributed by atoms with Crippen LogP contribution < -0.4 is 4.90 Å². The summed E-state index contributed by atoms with van der Waals surface area (Å²) in [6.07, 6.45) is 3.66. The maximum Gasteiger partial charge on any atom is 0.258 e. The van der Waals surface area contributed by atoms with Crippen molar-refractivity contribution in [3.05, 3.63) is 137 Å². The maximum atomic E-state index is 12.8. The van der Waals surface area contributed by atoms with Crippen LogP contribution in [0.15, 0.2) is 109 Å². The molecule has 162 valence electrons. The Labute approximate surface area is 198 Å². The molecule has 0 N–H and O–H groups in total. The Morgan fingerprint density at radius 1 is 0.618 bits per heavy atom. The Morgan fingerprint density at radius 3 is 1.79 bits per heavy atom. The highest BCUT2D eigenvalue weighted by molar-refractivity contribution is 6.28. The van der Waals surface area contributed by atoms with Crippen LogP contribution in [0.2, 0.25) is 0 Å². The second-order valence-electron chi connectivity index (χ2n) is 9.22. The van der Waals surface area contributed by atoms with Crippen molar-refractivity contribution in [3.63, 3.8) is 0 Å². The number of hydrogen-bond donors (Lipinski definition) is 0. The second-order valence-corrected chi connectivity index (χ2v) is 9.22. The summed E-state index contributed by atoms with van der Waals surface area (Å²) in [7, 11) is 0. The van der Waals surface area contributed by atoms with E-state index in [1.54, 1.807) is 0 Å². The van der Waals surface area contributed by atoms with Crippen LogP contribution in [0.5, 0.6) is 0 Å². The van der Waals surface area contributed by atoms with Gasteiger partial charge in [0.2, 0.25) is 0 Å². The Kier molecular flexibility index (Phi) is 3.89. The minimum absolute atomic E-state index is 0.190. The molecule has 2 aliphatic carbocycles. The maximum absolute atomic E-state index is 12.8. The smallest absolute Gasteiger partial charge is 0.258 e. The molecule has 0 radical (unpaired) electrons. The van der Waals surface area contributed by atoms with E-state index in [4.69, 9.17) is 0 Å². The summed E-state index contributed by atoms with van der Waals surface area (Å²) in [5.41, 5.74) is 8.74. The van der Waals surface area contributed by atoms with Gasteiger partial charge in [0, 0.05) is 18.1 Å². The largest absolute Gasteiger partial charge is 0.269 e. The molecule has 1 heterocycles. The van der Waals surface area contributed by atoms with Crippen molar-refractivity contribution >= 4 is 17.5 Å². The summed E-state index contributed by atoms with van der Waals surface area (Å²) >= 11 is 0. The highest BCUT2D eigenvalue weighted by Gasteiger charge is 2.54. The fourth-order valence-corrected chi connectivity index (χ4v) is 6.41. The number of fused-ring (bicyclic) bond motifs is 4. The average molecular weight is 440 g/mol. The molecule has 2 amide bonds. The molecule has 3 nitrogen and oxygen atoms in total. The van der Waals surface area contributed by atoms with Gasteiger partial charge in [-0.25, -0.2) is 4.90 Å². The van der Waals surface area contributed by atoms with Gasteiger partial charge in [-0.2, -0.15) is 0 Å². The van der Waals surface area contributed by atoms with Crippen molar-refractivity contribution in [2.24, 2.45) is 0 Å². The van der Waals surface area contributed by atoms with E-state index in [2.05, 4.69) is 78.9 Å². The monoisotopic (exact) mass is 439 g/mol. The molecule has 0 bridgehead atoms. The Bertz CT molecular complexity index is 1480. The highest BCUT2D eigenvalue weighted by Crippen LogP contribution is 2.63. The average Bonchev–Trinajstić information content (AvgIpc) is 3.35. The molecule has 1 atom stereocenters. The van der Waals surface area contributed by atoms with Gasteiger partial charge in [0.25, 0.3) is 11.8 Å². The molecule has 0 fully saturated rings. The summed E-state index contributed by atoms with van der Waals surface area (Å²) in [5.74, 6) is -0.391. The third kappa shape index (κ3) is 2.31. The lowest BCUT2D eigenvalue weighted by atomic mass is 9.55. The number of nitrogens with zero attached hydrogens (tertiary/aromatic N) is 1. The van der Waals surface area contributed by atoms with Gasteiger partial charge in [-0.3, -0.25) is 9.59 Å². The fraction of sp³-hybridized carbons (Fsp3) is 0.0968. The molecule has 0 spiro atoms. The number of hydrogen-bond acceptors (Lipinski definition) is 2. The zero-order chi connectivity index (χ0) is 22.9. The van der Waals surface area contributed by atoms with Gasteiger partial charge >= 0.3 is 0 Å². The van der Waals surface area contributed by atoms with Crippen LogP contribution in [0.1, 0.15) is 33.7 Å². The molecule has 0 aromatic heterocycles. The number of carbonyl (C=O) groups excluding carboxylic acids is 2. The van der Waals surface area contributed by atoms with Crippen molar-refractivity contribution in [1.82, 2.24) is 0 Å². The summed E-state index contributed by atoms with van der Waals surface area (Å²) in [6.45, 7) is 0. The zero-order valence-electron chi connectivity index (χ0n) is 18.4. The molecular formula is C31H21NO2. The van der Waals surface area contributed by atoms with Gasteiger partial charge in [0.05, 0.1) is 11.1 Å². The molecule has 7 rings (SSSR count). The van der Waals surface area contributed by atoms with Crippen LogP contribution >= 0.6 is 0 Å². The van der Waals surface area contributed by atoms with Crippen LogP contribution in [0.4, 0.5) is 5.69 Å². The fourth-order valence-electron chi connectivity index (χ4n) is 6.41. The van der Waals surface area contributed by atoms with Gasteiger partial charge in [-0.05, 0) is 51.4 Å². The van der Waals surface area contributed by atoms with E-state index in [0.717, 1.165) is 12.0 Å². The lowest BCUT2D eigenvalue weighted by Gasteiger charge is -2.47. The van der Waals surface area contributed by atoms with Crippen LogP contribution in [-0.4, -0.2) is 11.8 Å². The van der Waals surface area contributed by atoms with Gasteiger partial charge in [-0.15, -0.1) is 0 Å². The number of imide groups is 1. The third-order valence-electron chi connectivity index (χ3n) is 7.75. The Balaban J connectivity index is 1.60. The van der Waals surface area contributed by atoms with Crippen molar-refractivity contribution < 1.29 is 9.59 Å². The van der Waals surface area contributed by atoms with Crippen molar-refractivity contribution in [2.45, 2.75) is 17.8 Å². The van der Waals surface area contributed by atoms with Gasteiger partial charge in [0.15, 0.2) is 0 Å². The summed E-state index contributed by atoms with van der Waals surface area (Å²) < 4.78 is 0. The van der Waals surface area contributed by atoms with E-state index in [1.807, 2.05) is 18.2 Å². The topological polar surface area (TPSA) is 37.4 Å². The van der Waals surface area contributed by atoms with Crippen molar-refractivity contribution in [3.8, 4) is 11.1 Å². The summed E-state index contributed by atoms with van der Waals surface area (Å²) in [4.78, 5) is 27.0. The lowest BCUT2D eigenvalue weighted by Crippen LogP contribution is -2.42. The Hall–Kier alpha value is -4.24. The first-order valence-corrected chi connectivity index (χ1v) is 11.6.